The number of hydrogen-bond acceptors (Lipinski definition) is 5. The normalized spacial score (nSPS) is 19.6. The van der Waals surface area contributed by atoms with E-state index in [4.69, 9.17) is 16.3 Å². The molecule has 0 spiro atoms. The molecule has 0 bridgehead atoms. The third-order valence-electron chi connectivity index (χ3n) is 6.10. The van der Waals surface area contributed by atoms with Crippen LogP contribution in [0.15, 0.2) is 47.7 Å². The summed E-state index contributed by atoms with van der Waals surface area (Å²) in [6, 6.07) is 10.1. The molecule has 0 radical (unpaired) electrons. The molecule has 0 unspecified atom stereocenters. The van der Waals surface area contributed by atoms with Crippen LogP contribution < -0.4 is 10.2 Å². The lowest BCUT2D eigenvalue weighted by molar-refractivity contribution is 0.0511. The van der Waals surface area contributed by atoms with Crippen molar-refractivity contribution in [2.75, 3.05) is 57.9 Å². The van der Waals surface area contributed by atoms with Gasteiger partial charge in [-0.3, -0.25) is 4.99 Å². The van der Waals surface area contributed by atoms with Crippen LogP contribution in [0, 0.1) is 0 Å². The Kier molecular flexibility index (Phi) is 6.69. The van der Waals surface area contributed by atoms with Crippen LogP contribution in [0.4, 0.5) is 5.95 Å². The molecule has 1 aromatic heterocycles. The maximum atomic E-state index is 6.30. The first-order valence-corrected chi connectivity index (χ1v) is 10.9. The van der Waals surface area contributed by atoms with Crippen LogP contribution in [0.3, 0.4) is 0 Å². The van der Waals surface area contributed by atoms with Crippen molar-refractivity contribution >= 4 is 23.5 Å². The van der Waals surface area contributed by atoms with Gasteiger partial charge in [0.1, 0.15) is 0 Å². The van der Waals surface area contributed by atoms with E-state index >= 15 is 0 Å². The molecule has 2 aliphatic rings. The van der Waals surface area contributed by atoms with E-state index in [-0.39, 0.29) is 5.41 Å². The number of ether oxygens (including phenoxy) is 1. The summed E-state index contributed by atoms with van der Waals surface area (Å²) >= 11 is 6.30. The molecule has 2 fully saturated rings. The molecule has 4 rings (SSSR count). The maximum Gasteiger partial charge on any atom is 0.225 e. The first-order chi connectivity index (χ1) is 14.7. The van der Waals surface area contributed by atoms with Crippen molar-refractivity contribution in [3.63, 3.8) is 0 Å². The van der Waals surface area contributed by atoms with Crippen molar-refractivity contribution in [1.29, 1.82) is 0 Å². The lowest BCUT2D eigenvalue weighted by Crippen LogP contribution is -2.55. The van der Waals surface area contributed by atoms with E-state index in [0.29, 0.717) is 0 Å². The second kappa shape index (κ2) is 9.62. The number of nitrogens with zero attached hydrogens (tertiary/aromatic N) is 5. The molecular formula is C22H29ClN6O. The molecule has 2 aromatic rings. The summed E-state index contributed by atoms with van der Waals surface area (Å²) in [4.78, 5) is 17.8. The molecule has 2 aliphatic heterocycles. The van der Waals surface area contributed by atoms with Crippen LogP contribution in [0.25, 0.3) is 0 Å². The van der Waals surface area contributed by atoms with Crippen LogP contribution in [0.5, 0.6) is 0 Å². The molecule has 0 amide bonds. The Morgan fingerprint density at radius 1 is 1.13 bits per heavy atom. The number of halogens is 1. The second-order valence-corrected chi connectivity index (χ2v) is 8.26. The Bertz CT molecular complexity index is 848. The number of aliphatic imine (C=N–C) groups is 1. The fourth-order valence-corrected chi connectivity index (χ4v) is 4.49. The Labute approximate surface area is 183 Å². The summed E-state index contributed by atoms with van der Waals surface area (Å²) in [6.07, 6.45) is 5.52. The number of anilines is 1. The number of nitrogens with one attached hydrogen (secondary N) is 1. The van der Waals surface area contributed by atoms with Crippen LogP contribution in [0.1, 0.15) is 18.4 Å². The Balaban J connectivity index is 1.41. The van der Waals surface area contributed by atoms with Gasteiger partial charge in [-0.1, -0.05) is 23.7 Å². The zero-order valence-electron chi connectivity index (χ0n) is 17.4. The molecule has 0 saturated carbocycles. The highest BCUT2D eigenvalue weighted by Gasteiger charge is 2.35. The van der Waals surface area contributed by atoms with Crippen molar-refractivity contribution in [2.45, 2.75) is 18.3 Å². The summed E-state index contributed by atoms with van der Waals surface area (Å²) in [5.74, 6) is 1.73. The Hall–Kier alpha value is -2.38. The standard InChI is InChI=1S/C22H29ClN6O/c1-24-20(28-10-12-29(13-11-28)21-25-8-3-9-26-21)27-17-22(6-14-30-15-7-22)18-4-2-5-19(23)16-18/h2-5,8-9,16H,6-7,10-15,17H2,1H3,(H,24,27). The SMILES string of the molecule is CN=C(NCC1(c2cccc(Cl)c2)CCOCC1)N1CCN(c2ncccn2)CC1. The van der Waals surface area contributed by atoms with Gasteiger partial charge in [0, 0.05) is 75.8 Å². The van der Waals surface area contributed by atoms with Gasteiger partial charge < -0.3 is 19.9 Å². The van der Waals surface area contributed by atoms with Gasteiger partial charge in [0.2, 0.25) is 5.95 Å². The minimum atomic E-state index is -0.00120. The topological polar surface area (TPSA) is 65.9 Å². The van der Waals surface area contributed by atoms with Crippen LogP contribution in [-0.2, 0) is 10.2 Å². The zero-order valence-corrected chi connectivity index (χ0v) is 18.2. The zero-order chi connectivity index (χ0) is 20.8. The van der Waals surface area contributed by atoms with Crippen LogP contribution in [0.2, 0.25) is 5.02 Å². The summed E-state index contributed by atoms with van der Waals surface area (Å²) in [6.45, 7) is 5.85. The fourth-order valence-electron chi connectivity index (χ4n) is 4.30. The highest BCUT2D eigenvalue weighted by molar-refractivity contribution is 6.30. The summed E-state index contributed by atoms with van der Waals surface area (Å²) in [5, 5.41) is 4.43. The first-order valence-electron chi connectivity index (χ1n) is 10.5. The monoisotopic (exact) mass is 428 g/mol. The molecule has 160 valence electrons. The van der Waals surface area contributed by atoms with Gasteiger partial charge in [0.15, 0.2) is 5.96 Å². The highest BCUT2D eigenvalue weighted by atomic mass is 35.5. The lowest BCUT2D eigenvalue weighted by atomic mass is 9.74. The van der Waals surface area contributed by atoms with Crippen molar-refractivity contribution in [3.8, 4) is 0 Å². The van der Waals surface area contributed by atoms with Gasteiger partial charge in [-0.15, -0.1) is 0 Å². The molecule has 30 heavy (non-hydrogen) atoms. The molecular weight excluding hydrogens is 400 g/mol. The minimum Gasteiger partial charge on any atom is -0.381 e. The number of hydrogen-bond donors (Lipinski definition) is 1. The van der Waals surface area contributed by atoms with E-state index in [9.17, 15) is 0 Å². The fraction of sp³-hybridized carbons (Fsp3) is 0.500. The lowest BCUT2D eigenvalue weighted by Gasteiger charge is -2.40. The van der Waals surface area contributed by atoms with Gasteiger partial charge >= 0.3 is 0 Å². The van der Waals surface area contributed by atoms with Gasteiger partial charge in [-0.2, -0.15) is 0 Å². The third kappa shape index (κ3) is 4.68. The van der Waals surface area contributed by atoms with E-state index in [2.05, 4.69) is 42.2 Å². The molecule has 0 aliphatic carbocycles. The third-order valence-corrected chi connectivity index (χ3v) is 6.33. The smallest absolute Gasteiger partial charge is 0.225 e. The van der Waals surface area contributed by atoms with E-state index in [1.807, 2.05) is 25.2 Å². The van der Waals surface area contributed by atoms with Crippen molar-refractivity contribution in [2.24, 2.45) is 4.99 Å². The second-order valence-electron chi connectivity index (χ2n) is 7.83. The van der Waals surface area contributed by atoms with Crippen molar-refractivity contribution < 1.29 is 4.74 Å². The van der Waals surface area contributed by atoms with Gasteiger partial charge in [-0.05, 0) is 36.6 Å². The largest absolute Gasteiger partial charge is 0.381 e. The number of piperazine rings is 1. The quantitative estimate of drug-likeness (QED) is 0.596. The van der Waals surface area contributed by atoms with Crippen molar-refractivity contribution in [3.05, 3.63) is 53.3 Å². The summed E-state index contributed by atoms with van der Waals surface area (Å²) in [7, 11) is 1.85. The van der Waals surface area contributed by atoms with E-state index in [0.717, 1.165) is 75.7 Å². The van der Waals surface area contributed by atoms with Crippen LogP contribution >= 0.6 is 11.6 Å². The molecule has 7 nitrogen and oxygen atoms in total. The number of guanidine groups is 1. The summed E-state index contributed by atoms with van der Waals surface area (Å²) < 4.78 is 5.66. The molecule has 1 N–H and O–H groups in total. The van der Waals surface area contributed by atoms with E-state index < -0.39 is 0 Å². The number of aromatic nitrogens is 2. The molecule has 8 heteroatoms. The van der Waals surface area contributed by atoms with Crippen LogP contribution in [-0.4, -0.2) is 73.8 Å². The Morgan fingerprint density at radius 2 is 1.87 bits per heavy atom. The molecule has 0 atom stereocenters. The van der Waals surface area contributed by atoms with E-state index in [1.165, 1.54) is 5.56 Å². The summed E-state index contributed by atoms with van der Waals surface area (Å²) in [5.41, 5.74) is 1.27. The first kappa shape index (κ1) is 20.9. The molecule has 3 heterocycles. The minimum absolute atomic E-state index is 0.00120. The Morgan fingerprint density at radius 3 is 2.53 bits per heavy atom. The molecule has 1 aromatic carbocycles. The average Bonchev–Trinajstić information content (AvgIpc) is 2.81. The van der Waals surface area contributed by atoms with Crippen molar-refractivity contribution in [1.82, 2.24) is 20.2 Å². The maximum absolute atomic E-state index is 6.30. The van der Waals surface area contributed by atoms with Gasteiger partial charge in [0.05, 0.1) is 0 Å². The predicted molar refractivity (Wildman–Crippen MR) is 120 cm³/mol. The molecule has 2 saturated heterocycles. The average molecular weight is 429 g/mol. The number of rotatable bonds is 4. The predicted octanol–water partition coefficient (Wildman–Crippen LogP) is 2.58. The van der Waals surface area contributed by atoms with Gasteiger partial charge in [-0.25, -0.2) is 9.97 Å². The van der Waals surface area contributed by atoms with Gasteiger partial charge in [0.25, 0.3) is 0 Å². The number of benzene rings is 1. The highest BCUT2D eigenvalue weighted by Crippen LogP contribution is 2.35. The van der Waals surface area contributed by atoms with E-state index in [1.54, 1.807) is 12.4 Å².